The van der Waals surface area contributed by atoms with Gasteiger partial charge in [0.15, 0.2) is 5.82 Å². The van der Waals surface area contributed by atoms with Crippen molar-refractivity contribution in [1.29, 1.82) is 0 Å². The van der Waals surface area contributed by atoms with Gasteiger partial charge in [-0.25, -0.2) is 9.67 Å². The molecule has 0 N–H and O–H groups in total. The molecule has 1 unspecified atom stereocenters. The summed E-state index contributed by atoms with van der Waals surface area (Å²) in [5.74, 6) is 2.18. The first-order valence-electron chi connectivity index (χ1n) is 8.97. The number of nitrogens with zero attached hydrogens (tertiary/aromatic N) is 8. The Hall–Kier alpha value is -1.80. The van der Waals surface area contributed by atoms with E-state index in [0.29, 0.717) is 12.1 Å². The van der Waals surface area contributed by atoms with Gasteiger partial charge in [0.05, 0.1) is 19.1 Å². The minimum Gasteiger partial charge on any atom is -0.334 e. The van der Waals surface area contributed by atoms with Gasteiger partial charge in [0.25, 0.3) is 0 Å². The molecule has 1 atom stereocenters. The number of piperazine rings is 1. The van der Waals surface area contributed by atoms with E-state index in [1.807, 2.05) is 10.9 Å². The van der Waals surface area contributed by atoms with Crippen LogP contribution >= 0.6 is 0 Å². The van der Waals surface area contributed by atoms with Crippen LogP contribution in [0.2, 0.25) is 0 Å². The van der Waals surface area contributed by atoms with Crippen LogP contribution in [-0.2, 0) is 19.6 Å². The Morgan fingerprint density at radius 1 is 1.17 bits per heavy atom. The molecule has 0 aromatic carbocycles. The second-order valence-electron chi connectivity index (χ2n) is 6.95. The summed E-state index contributed by atoms with van der Waals surface area (Å²) in [7, 11) is 0. The van der Waals surface area contributed by atoms with Crippen LogP contribution in [0.3, 0.4) is 0 Å². The van der Waals surface area contributed by atoms with E-state index in [0.717, 1.165) is 50.9 Å². The van der Waals surface area contributed by atoms with Gasteiger partial charge in [0.2, 0.25) is 0 Å². The highest BCUT2D eigenvalue weighted by atomic mass is 15.6. The molecule has 1 aliphatic carbocycles. The van der Waals surface area contributed by atoms with Crippen molar-refractivity contribution >= 4 is 0 Å². The molecular weight excluding hydrogens is 304 g/mol. The Balaban J connectivity index is 1.35. The minimum absolute atomic E-state index is 0.506. The highest BCUT2D eigenvalue weighted by molar-refractivity contribution is 4.95. The van der Waals surface area contributed by atoms with Crippen molar-refractivity contribution < 1.29 is 0 Å². The lowest BCUT2D eigenvalue weighted by molar-refractivity contribution is 0.0681. The molecule has 0 spiro atoms. The lowest BCUT2D eigenvalue weighted by atomic mass is 10.2. The zero-order chi connectivity index (χ0) is 16.5. The average Bonchev–Trinajstić information content (AvgIpc) is 3.15. The molecule has 4 rings (SSSR count). The van der Waals surface area contributed by atoms with Crippen LogP contribution < -0.4 is 0 Å². The first-order valence-corrected chi connectivity index (χ1v) is 8.97. The molecular formula is C16H26N8. The summed E-state index contributed by atoms with van der Waals surface area (Å²) in [6, 6.07) is 1.05. The Labute approximate surface area is 142 Å². The Morgan fingerprint density at radius 2 is 2.04 bits per heavy atom. The molecule has 3 heterocycles. The third kappa shape index (κ3) is 3.21. The predicted molar refractivity (Wildman–Crippen MR) is 89.1 cm³/mol. The molecule has 2 aromatic rings. The van der Waals surface area contributed by atoms with Crippen molar-refractivity contribution in [3.63, 3.8) is 0 Å². The molecule has 2 fully saturated rings. The number of hydrogen-bond donors (Lipinski definition) is 0. The van der Waals surface area contributed by atoms with Crippen molar-refractivity contribution in [1.82, 2.24) is 39.6 Å². The normalized spacial score (nSPS) is 23.0. The van der Waals surface area contributed by atoms with E-state index in [1.165, 1.54) is 12.8 Å². The van der Waals surface area contributed by atoms with Crippen LogP contribution in [0.1, 0.15) is 44.4 Å². The SMILES string of the molecule is CCn1ccnc1CN1CCN(Cc2nnnn2C2CC2)CC1C. The quantitative estimate of drug-likeness (QED) is 0.785. The zero-order valence-electron chi connectivity index (χ0n) is 14.5. The molecule has 0 radical (unpaired) electrons. The van der Waals surface area contributed by atoms with Crippen LogP contribution in [0.15, 0.2) is 12.4 Å². The van der Waals surface area contributed by atoms with Crippen LogP contribution in [0.4, 0.5) is 0 Å². The first-order chi connectivity index (χ1) is 11.7. The van der Waals surface area contributed by atoms with Gasteiger partial charge in [-0.2, -0.15) is 0 Å². The molecule has 8 nitrogen and oxygen atoms in total. The molecule has 2 aromatic heterocycles. The molecule has 1 saturated heterocycles. The molecule has 1 aliphatic heterocycles. The molecule has 24 heavy (non-hydrogen) atoms. The van der Waals surface area contributed by atoms with Crippen LogP contribution in [-0.4, -0.2) is 65.2 Å². The topological polar surface area (TPSA) is 67.9 Å². The summed E-state index contributed by atoms with van der Waals surface area (Å²) in [4.78, 5) is 9.50. The van der Waals surface area contributed by atoms with Gasteiger partial charge in [-0.15, -0.1) is 5.10 Å². The number of hydrogen-bond acceptors (Lipinski definition) is 6. The van der Waals surface area contributed by atoms with Gasteiger partial charge in [-0.1, -0.05) is 0 Å². The number of rotatable bonds is 6. The van der Waals surface area contributed by atoms with E-state index in [2.05, 4.69) is 54.9 Å². The van der Waals surface area contributed by atoms with Gasteiger partial charge >= 0.3 is 0 Å². The third-order valence-corrected chi connectivity index (χ3v) is 5.15. The fourth-order valence-electron chi connectivity index (χ4n) is 3.53. The maximum Gasteiger partial charge on any atom is 0.165 e. The summed E-state index contributed by atoms with van der Waals surface area (Å²) in [6.45, 7) is 10.4. The molecule has 0 amide bonds. The summed E-state index contributed by atoms with van der Waals surface area (Å²) >= 11 is 0. The summed E-state index contributed by atoms with van der Waals surface area (Å²) < 4.78 is 4.25. The number of tetrazole rings is 1. The molecule has 8 heteroatoms. The Kier molecular flexibility index (Phi) is 4.32. The van der Waals surface area contributed by atoms with E-state index in [-0.39, 0.29) is 0 Å². The number of aromatic nitrogens is 6. The summed E-state index contributed by atoms with van der Waals surface area (Å²) in [5.41, 5.74) is 0. The van der Waals surface area contributed by atoms with E-state index in [1.54, 1.807) is 0 Å². The van der Waals surface area contributed by atoms with Gasteiger partial charge in [0.1, 0.15) is 5.82 Å². The summed E-state index contributed by atoms with van der Waals surface area (Å²) in [5, 5.41) is 12.3. The number of imidazole rings is 1. The molecule has 130 valence electrons. The lowest BCUT2D eigenvalue weighted by Crippen LogP contribution is -2.51. The van der Waals surface area contributed by atoms with Gasteiger partial charge in [-0.3, -0.25) is 9.80 Å². The molecule has 0 bridgehead atoms. The van der Waals surface area contributed by atoms with E-state index >= 15 is 0 Å². The van der Waals surface area contributed by atoms with Crippen molar-refractivity contribution in [2.75, 3.05) is 19.6 Å². The monoisotopic (exact) mass is 330 g/mol. The predicted octanol–water partition coefficient (Wildman–Crippen LogP) is 0.931. The van der Waals surface area contributed by atoms with Crippen LogP contribution in [0.25, 0.3) is 0 Å². The first kappa shape index (κ1) is 15.7. The van der Waals surface area contributed by atoms with E-state index < -0.39 is 0 Å². The maximum atomic E-state index is 4.51. The standard InChI is InChI=1S/C16H26N8/c1-3-22-7-6-17-15(22)12-23-9-8-21(10-13(23)2)11-16-18-19-20-24(16)14-4-5-14/h6-7,13-14H,3-5,8-12H2,1-2H3. The van der Waals surface area contributed by atoms with Gasteiger partial charge < -0.3 is 4.57 Å². The molecule has 2 aliphatic rings. The fraction of sp³-hybridized carbons (Fsp3) is 0.750. The third-order valence-electron chi connectivity index (χ3n) is 5.15. The Morgan fingerprint density at radius 3 is 2.79 bits per heavy atom. The van der Waals surface area contributed by atoms with Gasteiger partial charge in [-0.05, 0) is 37.1 Å². The summed E-state index contributed by atoms with van der Waals surface area (Å²) in [6.07, 6.45) is 6.39. The molecule has 1 saturated carbocycles. The van der Waals surface area contributed by atoms with Crippen molar-refractivity contribution in [2.45, 2.75) is 58.4 Å². The second-order valence-corrected chi connectivity index (χ2v) is 6.95. The fourth-order valence-corrected chi connectivity index (χ4v) is 3.53. The maximum absolute atomic E-state index is 4.51. The van der Waals surface area contributed by atoms with Crippen molar-refractivity contribution in [3.8, 4) is 0 Å². The largest absolute Gasteiger partial charge is 0.334 e. The highest BCUT2D eigenvalue weighted by Gasteiger charge is 2.30. The minimum atomic E-state index is 0.506. The number of aryl methyl sites for hydroxylation is 1. The average molecular weight is 330 g/mol. The van der Waals surface area contributed by atoms with Crippen molar-refractivity contribution in [2.24, 2.45) is 0 Å². The van der Waals surface area contributed by atoms with E-state index in [4.69, 9.17) is 0 Å². The van der Waals surface area contributed by atoms with Crippen molar-refractivity contribution in [3.05, 3.63) is 24.0 Å². The van der Waals surface area contributed by atoms with Crippen LogP contribution in [0, 0.1) is 0 Å². The van der Waals surface area contributed by atoms with Gasteiger partial charge in [0, 0.05) is 44.6 Å². The second kappa shape index (κ2) is 6.60. The Bertz CT molecular complexity index is 673. The van der Waals surface area contributed by atoms with E-state index in [9.17, 15) is 0 Å². The lowest BCUT2D eigenvalue weighted by Gasteiger charge is -2.39. The highest BCUT2D eigenvalue weighted by Crippen LogP contribution is 2.34. The zero-order valence-corrected chi connectivity index (χ0v) is 14.5. The van der Waals surface area contributed by atoms with Crippen LogP contribution in [0.5, 0.6) is 0 Å². The smallest absolute Gasteiger partial charge is 0.165 e.